The number of rotatable bonds is 4. The van der Waals surface area contributed by atoms with E-state index in [1.54, 1.807) is 11.9 Å². The molecule has 0 aromatic heterocycles. The quantitative estimate of drug-likeness (QED) is 0.807. The molecule has 116 valence electrons. The van der Waals surface area contributed by atoms with Gasteiger partial charge in [0.1, 0.15) is 6.04 Å². The highest BCUT2D eigenvalue weighted by atomic mass is 35.5. The topological polar surface area (TPSA) is 61.4 Å². The van der Waals surface area contributed by atoms with Gasteiger partial charge in [-0.1, -0.05) is 6.92 Å². The van der Waals surface area contributed by atoms with Crippen LogP contribution >= 0.6 is 12.4 Å². The lowest BCUT2D eigenvalue weighted by molar-refractivity contribution is -0.132. The second kappa shape index (κ2) is 7.84. The lowest BCUT2D eigenvalue weighted by Crippen LogP contribution is -2.42. The number of carbonyl (C=O) groups is 2. The molecule has 5 nitrogen and oxygen atoms in total. The van der Waals surface area contributed by atoms with Crippen molar-refractivity contribution < 1.29 is 9.59 Å². The van der Waals surface area contributed by atoms with Gasteiger partial charge in [-0.2, -0.15) is 0 Å². The summed E-state index contributed by atoms with van der Waals surface area (Å²) < 4.78 is 0. The number of piperidine rings is 1. The average Bonchev–Trinajstić information content (AvgIpc) is 2.71. The Morgan fingerprint density at radius 3 is 2.80 bits per heavy atom. The monoisotopic (exact) mass is 303 g/mol. The van der Waals surface area contributed by atoms with E-state index in [-0.39, 0.29) is 30.3 Å². The van der Waals surface area contributed by atoms with Gasteiger partial charge >= 0.3 is 0 Å². The van der Waals surface area contributed by atoms with Crippen LogP contribution in [-0.4, -0.2) is 49.4 Å². The van der Waals surface area contributed by atoms with E-state index < -0.39 is 0 Å². The first-order valence-electron chi connectivity index (χ1n) is 7.33. The van der Waals surface area contributed by atoms with Crippen molar-refractivity contribution in [1.82, 2.24) is 15.5 Å². The summed E-state index contributed by atoms with van der Waals surface area (Å²) in [5.74, 6) is 1.02. The van der Waals surface area contributed by atoms with Crippen molar-refractivity contribution >= 4 is 24.2 Å². The maximum absolute atomic E-state index is 12.0. The van der Waals surface area contributed by atoms with Crippen LogP contribution in [0.1, 0.15) is 32.6 Å². The smallest absolute Gasteiger partial charge is 0.244 e. The Morgan fingerprint density at radius 2 is 2.25 bits per heavy atom. The molecule has 0 aromatic carbocycles. The van der Waals surface area contributed by atoms with E-state index in [0.29, 0.717) is 18.3 Å². The number of likely N-dealkylation sites (tertiary alicyclic amines) is 1. The fourth-order valence-corrected chi connectivity index (χ4v) is 3.03. The fraction of sp³-hybridized carbons (Fsp3) is 0.857. The summed E-state index contributed by atoms with van der Waals surface area (Å²) in [6, 6.07) is -0.297. The molecule has 2 amide bonds. The van der Waals surface area contributed by atoms with Gasteiger partial charge in [0.05, 0.1) is 0 Å². The summed E-state index contributed by atoms with van der Waals surface area (Å²) in [4.78, 5) is 25.4. The number of nitrogens with zero attached hydrogens (tertiary/aromatic N) is 1. The molecule has 2 aliphatic heterocycles. The number of likely N-dealkylation sites (N-methyl/N-ethyl adjacent to an activating group) is 1. The van der Waals surface area contributed by atoms with Crippen molar-refractivity contribution in [3.8, 4) is 0 Å². The molecule has 2 saturated heterocycles. The third-order valence-electron chi connectivity index (χ3n) is 4.41. The van der Waals surface area contributed by atoms with Crippen molar-refractivity contribution in [3.63, 3.8) is 0 Å². The van der Waals surface area contributed by atoms with Gasteiger partial charge in [-0.25, -0.2) is 0 Å². The predicted octanol–water partition coefficient (Wildman–Crippen LogP) is 0.781. The minimum Gasteiger partial charge on any atom is -0.344 e. The van der Waals surface area contributed by atoms with E-state index >= 15 is 0 Å². The number of amides is 2. The first-order chi connectivity index (χ1) is 9.08. The normalized spacial score (nSPS) is 27.9. The summed E-state index contributed by atoms with van der Waals surface area (Å²) in [6.45, 7) is 4.99. The number of hydrogen-bond acceptors (Lipinski definition) is 3. The van der Waals surface area contributed by atoms with Crippen molar-refractivity contribution in [2.45, 2.75) is 38.6 Å². The van der Waals surface area contributed by atoms with Crippen LogP contribution in [0, 0.1) is 11.8 Å². The van der Waals surface area contributed by atoms with Crippen molar-refractivity contribution in [2.24, 2.45) is 11.8 Å². The highest BCUT2D eigenvalue weighted by molar-refractivity contribution is 5.89. The third-order valence-corrected chi connectivity index (χ3v) is 4.41. The molecule has 0 aliphatic carbocycles. The molecule has 2 aliphatic rings. The Hall–Kier alpha value is -0.810. The SMILES string of the molecule is CC(CC(=O)NC1CCN(C)C1=O)C1CCCNC1.Cl. The molecule has 3 atom stereocenters. The van der Waals surface area contributed by atoms with Crippen LogP contribution in [-0.2, 0) is 9.59 Å². The largest absolute Gasteiger partial charge is 0.344 e. The number of nitrogens with one attached hydrogen (secondary N) is 2. The first kappa shape index (κ1) is 17.2. The van der Waals surface area contributed by atoms with Crippen LogP contribution in [0.4, 0.5) is 0 Å². The highest BCUT2D eigenvalue weighted by Crippen LogP contribution is 2.22. The standard InChI is InChI=1S/C14H25N3O2.ClH/c1-10(11-4-3-6-15-9-11)8-13(18)16-12-5-7-17(2)14(12)19;/h10-12,15H,3-9H2,1-2H3,(H,16,18);1H. The Bertz CT molecular complexity index is 345. The minimum absolute atomic E-state index is 0. The molecule has 2 heterocycles. The zero-order valence-corrected chi connectivity index (χ0v) is 13.2. The maximum Gasteiger partial charge on any atom is 0.244 e. The molecule has 3 unspecified atom stereocenters. The molecule has 2 fully saturated rings. The van der Waals surface area contributed by atoms with Crippen LogP contribution < -0.4 is 10.6 Å². The van der Waals surface area contributed by atoms with Gasteiger partial charge in [-0.15, -0.1) is 12.4 Å². The first-order valence-corrected chi connectivity index (χ1v) is 7.33. The number of carbonyl (C=O) groups excluding carboxylic acids is 2. The zero-order chi connectivity index (χ0) is 13.8. The number of hydrogen-bond donors (Lipinski definition) is 2. The van der Waals surface area contributed by atoms with Crippen molar-refractivity contribution in [3.05, 3.63) is 0 Å². The maximum atomic E-state index is 12.0. The minimum atomic E-state index is -0.297. The molecule has 0 bridgehead atoms. The van der Waals surface area contributed by atoms with E-state index in [0.717, 1.165) is 26.1 Å². The second-order valence-electron chi connectivity index (χ2n) is 5.96. The Morgan fingerprint density at radius 1 is 1.50 bits per heavy atom. The van der Waals surface area contributed by atoms with Gasteiger partial charge in [-0.05, 0) is 44.2 Å². The van der Waals surface area contributed by atoms with E-state index in [1.165, 1.54) is 12.8 Å². The lowest BCUT2D eigenvalue weighted by Gasteiger charge is -2.28. The molecule has 0 aromatic rings. The van der Waals surface area contributed by atoms with Crippen LogP contribution in [0.2, 0.25) is 0 Å². The molecular weight excluding hydrogens is 278 g/mol. The Kier molecular flexibility index (Phi) is 6.76. The fourth-order valence-electron chi connectivity index (χ4n) is 3.03. The number of halogens is 1. The molecule has 20 heavy (non-hydrogen) atoms. The van der Waals surface area contributed by atoms with Crippen LogP contribution in [0.3, 0.4) is 0 Å². The van der Waals surface area contributed by atoms with Crippen LogP contribution in [0.25, 0.3) is 0 Å². The van der Waals surface area contributed by atoms with E-state index in [2.05, 4.69) is 17.6 Å². The summed E-state index contributed by atoms with van der Waals surface area (Å²) in [5, 5.41) is 6.26. The molecule has 0 spiro atoms. The van der Waals surface area contributed by atoms with Gasteiger partial charge in [0, 0.05) is 20.0 Å². The third kappa shape index (κ3) is 4.35. The summed E-state index contributed by atoms with van der Waals surface area (Å²) in [7, 11) is 1.78. The van der Waals surface area contributed by atoms with Crippen LogP contribution in [0.5, 0.6) is 0 Å². The Balaban J connectivity index is 0.00000200. The highest BCUT2D eigenvalue weighted by Gasteiger charge is 2.31. The molecule has 2 N–H and O–H groups in total. The molecule has 6 heteroatoms. The molecule has 0 radical (unpaired) electrons. The van der Waals surface area contributed by atoms with Crippen molar-refractivity contribution in [1.29, 1.82) is 0 Å². The van der Waals surface area contributed by atoms with Gasteiger partial charge in [0.15, 0.2) is 0 Å². The summed E-state index contributed by atoms with van der Waals surface area (Å²) in [5.41, 5.74) is 0. The predicted molar refractivity (Wildman–Crippen MR) is 80.8 cm³/mol. The Labute approximate surface area is 127 Å². The summed E-state index contributed by atoms with van der Waals surface area (Å²) >= 11 is 0. The molecule has 2 rings (SSSR count). The van der Waals surface area contributed by atoms with Gasteiger partial charge in [0.25, 0.3) is 0 Å². The van der Waals surface area contributed by atoms with E-state index in [4.69, 9.17) is 0 Å². The van der Waals surface area contributed by atoms with E-state index in [9.17, 15) is 9.59 Å². The van der Waals surface area contributed by atoms with Gasteiger partial charge in [0.2, 0.25) is 11.8 Å². The van der Waals surface area contributed by atoms with Gasteiger partial charge in [-0.3, -0.25) is 9.59 Å². The van der Waals surface area contributed by atoms with Gasteiger partial charge < -0.3 is 15.5 Å². The molecule has 0 saturated carbocycles. The van der Waals surface area contributed by atoms with Crippen LogP contribution in [0.15, 0.2) is 0 Å². The second-order valence-corrected chi connectivity index (χ2v) is 5.96. The lowest BCUT2D eigenvalue weighted by atomic mass is 9.85. The van der Waals surface area contributed by atoms with Crippen molar-refractivity contribution in [2.75, 3.05) is 26.7 Å². The summed E-state index contributed by atoms with van der Waals surface area (Å²) in [6.07, 6.45) is 3.66. The van der Waals surface area contributed by atoms with E-state index in [1.807, 2.05) is 0 Å². The average molecular weight is 304 g/mol. The zero-order valence-electron chi connectivity index (χ0n) is 12.4. The molecular formula is C14H26ClN3O2.